The third-order valence-corrected chi connectivity index (χ3v) is 4.70. The van der Waals surface area contributed by atoms with E-state index in [-0.39, 0.29) is 18.3 Å². The van der Waals surface area contributed by atoms with Crippen molar-refractivity contribution in [1.82, 2.24) is 10.6 Å². The lowest BCUT2D eigenvalue weighted by Crippen LogP contribution is -2.45. The van der Waals surface area contributed by atoms with Gasteiger partial charge >= 0.3 is 0 Å². The molecule has 1 aliphatic rings. The number of sulfonamides is 1. The number of para-hydroxylation sites is 2. The van der Waals surface area contributed by atoms with Crippen molar-refractivity contribution in [1.29, 1.82) is 0 Å². The Hall–Kier alpha value is -2.00. The molecule has 1 saturated heterocycles. The molecule has 0 saturated carbocycles. The second-order valence-corrected chi connectivity index (χ2v) is 7.61. The fourth-order valence-corrected chi connectivity index (χ4v) is 3.13. The second-order valence-electron chi connectivity index (χ2n) is 5.88. The molecule has 25 heavy (non-hydrogen) atoms. The molecular weight excluding hydrogens is 342 g/mol. The predicted molar refractivity (Wildman–Crippen MR) is 101 cm³/mol. The Morgan fingerprint density at radius 2 is 2.20 bits per heavy atom. The normalized spacial score (nSPS) is 18.3. The van der Waals surface area contributed by atoms with Crippen LogP contribution in [0.3, 0.4) is 0 Å². The number of aliphatic imine (C=N–C) groups is 1. The first-order valence-corrected chi connectivity index (χ1v) is 10.1. The monoisotopic (exact) mass is 369 g/mol. The molecule has 1 atom stereocenters. The van der Waals surface area contributed by atoms with Crippen molar-refractivity contribution >= 4 is 21.7 Å². The van der Waals surface area contributed by atoms with Gasteiger partial charge in [0.25, 0.3) is 0 Å². The van der Waals surface area contributed by atoms with Crippen LogP contribution in [0.4, 0.5) is 5.69 Å². The highest BCUT2D eigenvalue weighted by molar-refractivity contribution is 7.89. The van der Waals surface area contributed by atoms with Crippen LogP contribution < -0.4 is 25.4 Å². The van der Waals surface area contributed by atoms with Crippen LogP contribution >= 0.6 is 0 Å². The van der Waals surface area contributed by atoms with E-state index in [2.05, 4.69) is 20.5 Å². The molecule has 1 unspecified atom stereocenters. The first-order valence-electron chi connectivity index (χ1n) is 8.36. The summed E-state index contributed by atoms with van der Waals surface area (Å²) in [5, 5.41) is 11.5. The minimum absolute atomic E-state index is 0.136. The van der Waals surface area contributed by atoms with E-state index >= 15 is 0 Å². The highest BCUT2D eigenvalue weighted by Crippen LogP contribution is 2.30. The molecule has 0 spiro atoms. The summed E-state index contributed by atoms with van der Waals surface area (Å²) in [5.74, 6) is 1.30. The van der Waals surface area contributed by atoms with Crippen molar-refractivity contribution in [3.63, 3.8) is 0 Å². The Kier molecular flexibility index (Phi) is 6.89. The van der Waals surface area contributed by atoms with Gasteiger partial charge in [-0.1, -0.05) is 12.1 Å². The fraction of sp³-hybridized carbons (Fsp3) is 0.562. The van der Waals surface area contributed by atoms with E-state index in [9.17, 15) is 8.42 Å². The molecule has 1 aliphatic heterocycles. The van der Waals surface area contributed by atoms with Crippen molar-refractivity contribution in [2.24, 2.45) is 10.1 Å². The second kappa shape index (κ2) is 8.91. The quantitative estimate of drug-likeness (QED) is 0.465. The van der Waals surface area contributed by atoms with Crippen LogP contribution in [0.1, 0.15) is 13.3 Å². The number of ether oxygens (including phenoxy) is 1. The number of methoxy groups -OCH3 is 1. The number of hydrogen-bond acceptors (Lipinski definition) is 5. The molecule has 0 aliphatic carbocycles. The molecule has 140 valence electrons. The number of nitrogens with zero attached hydrogens (tertiary/aromatic N) is 2. The summed E-state index contributed by atoms with van der Waals surface area (Å²) in [6.07, 6.45) is 0.956. The standard InChI is InChI=1S/C16H27N5O3S/c1-3-18-16(19-9-11-25(17,22)23)20-13-8-10-21(12-13)14-6-4-5-7-15(14)24-2/h4-7,13H,3,8-12H2,1-2H3,(H2,17,22,23)(H2,18,19,20). The molecule has 0 radical (unpaired) electrons. The van der Waals surface area contributed by atoms with E-state index in [1.165, 1.54) is 0 Å². The molecule has 1 aromatic rings. The largest absolute Gasteiger partial charge is 0.495 e. The topological polar surface area (TPSA) is 109 Å². The minimum atomic E-state index is -3.50. The molecule has 1 aromatic carbocycles. The molecule has 4 N–H and O–H groups in total. The Morgan fingerprint density at radius 3 is 2.88 bits per heavy atom. The lowest BCUT2D eigenvalue weighted by molar-refractivity contribution is 0.415. The van der Waals surface area contributed by atoms with Gasteiger partial charge in [-0.05, 0) is 25.5 Å². The predicted octanol–water partition coefficient (Wildman–Crippen LogP) is 0.118. The number of nitrogens with two attached hydrogens (primary N) is 1. The maximum atomic E-state index is 11.0. The van der Waals surface area contributed by atoms with Crippen molar-refractivity contribution in [3.05, 3.63) is 24.3 Å². The van der Waals surface area contributed by atoms with Crippen molar-refractivity contribution in [2.45, 2.75) is 19.4 Å². The molecule has 1 heterocycles. The SMILES string of the molecule is CCNC(=NCCS(N)(=O)=O)NC1CCN(c2ccccc2OC)C1. The number of benzene rings is 1. The van der Waals surface area contributed by atoms with Gasteiger partial charge in [-0.25, -0.2) is 13.6 Å². The Balaban J connectivity index is 1.96. The summed E-state index contributed by atoms with van der Waals surface area (Å²) in [7, 11) is -1.83. The highest BCUT2D eigenvalue weighted by Gasteiger charge is 2.25. The molecule has 0 bridgehead atoms. The lowest BCUT2D eigenvalue weighted by Gasteiger charge is -2.22. The van der Waals surface area contributed by atoms with Crippen LogP contribution in [0, 0.1) is 0 Å². The zero-order chi connectivity index (χ0) is 18.3. The van der Waals surface area contributed by atoms with Gasteiger partial charge in [0.05, 0.1) is 25.1 Å². The zero-order valence-electron chi connectivity index (χ0n) is 14.7. The van der Waals surface area contributed by atoms with Crippen LogP contribution in [0.25, 0.3) is 0 Å². The Morgan fingerprint density at radius 1 is 1.44 bits per heavy atom. The number of rotatable bonds is 7. The number of hydrogen-bond donors (Lipinski definition) is 3. The third kappa shape index (κ3) is 6.09. The van der Waals surface area contributed by atoms with Gasteiger partial charge in [-0.2, -0.15) is 0 Å². The van der Waals surface area contributed by atoms with Crippen molar-refractivity contribution < 1.29 is 13.2 Å². The van der Waals surface area contributed by atoms with Gasteiger partial charge in [0.15, 0.2) is 5.96 Å². The van der Waals surface area contributed by atoms with Crippen molar-refractivity contribution in [3.8, 4) is 5.75 Å². The number of anilines is 1. The Bertz CT molecular complexity index is 693. The minimum Gasteiger partial charge on any atom is -0.495 e. The summed E-state index contributed by atoms with van der Waals surface area (Å²) in [6, 6.07) is 8.17. The molecule has 8 nitrogen and oxygen atoms in total. The van der Waals surface area contributed by atoms with Crippen LogP contribution in [0.5, 0.6) is 5.75 Å². The summed E-state index contributed by atoms with van der Waals surface area (Å²) >= 11 is 0. The number of primary sulfonamides is 1. The number of guanidine groups is 1. The van der Waals surface area contributed by atoms with Gasteiger partial charge in [-0.15, -0.1) is 0 Å². The van der Waals surface area contributed by atoms with Crippen molar-refractivity contribution in [2.75, 3.05) is 43.9 Å². The van der Waals surface area contributed by atoms with E-state index in [1.807, 2.05) is 31.2 Å². The summed E-state index contributed by atoms with van der Waals surface area (Å²) in [4.78, 5) is 6.55. The van der Waals surface area contributed by atoms with Gasteiger partial charge in [0, 0.05) is 25.7 Å². The molecule has 9 heteroatoms. The average Bonchev–Trinajstić information content (AvgIpc) is 3.02. The van der Waals surface area contributed by atoms with Crippen LogP contribution in [-0.2, 0) is 10.0 Å². The van der Waals surface area contributed by atoms with E-state index in [0.29, 0.717) is 12.5 Å². The lowest BCUT2D eigenvalue weighted by atomic mass is 10.2. The van der Waals surface area contributed by atoms with Gasteiger partial charge < -0.3 is 20.3 Å². The number of nitrogens with one attached hydrogen (secondary N) is 2. The van der Waals surface area contributed by atoms with E-state index in [0.717, 1.165) is 30.9 Å². The third-order valence-electron chi connectivity index (χ3n) is 3.94. The summed E-state index contributed by atoms with van der Waals surface area (Å²) in [6.45, 7) is 4.53. The molecule has 2 rings (SSSR count). The van der Waals surface area contributed by atoms with E-state index in [1.54, 1.807) is 7.11 Å². The zero-order valence-corrected chi connectivity index (χ0v) is 15.6. The molecule has 0 amide bonds. The van der Waals surface area contributed by atoms with E-state index < -0.39 is 10.0 Å². The van der Waals surface area contributed by atoms with E-state index in [4.69, 9.17) is 9.88 Å². The highest BCUT2D eigenvalue weighted by atomic mass is 32.2. The average molecular weight is 369 g/mol. The Labute approximate surface area is 149 Å². The summed E-state index contributed by atoms with van der Waals surface area (Å²) < 4.78 is 27.5. The maximum Gasteiger partial charge on any atom is 0.210 e. The maximum absolute atomic E-state index is 11.0. The van der Waals surface area contributed by atoms with Gasteiger partial charge in [0.1, 0.15) is 5.75 Å². The van der Waals surface area contributed by atoms with Gasteiger partial charge in [0.2, 0.25) is 10.0 Å². The molecule has 1 fully saturated rings. The van der Waals surface area contributed by atoms with Crippen LogP contribution in [-0.4, -0.2) is 59.5 Å². The molecule has 0 aromatic heterocycles. The first-order chi connectivity index (χ1) is 11.9. The smallest absolute Gasteiger partial charge is 0.210 e. The first kappa shape index (κ1) is 19.3. The van der Waals surface area contributed by atoms with Gasteiger partial charge in [-0.3, -0.25) is 4.99 Å². The van der Waals surface area contributed by atoms with Crippen LogP contribution in [0.15, 0.2) is 29.3 Å². The molecular formula is C16H27N5O3S. The van der Waals surface area contributed by atoms with Crippen LogP contribution in [0.2, 0.25) is 0 Å². The summed E-state index contributed by atoms with van der Waals surface area (Å²) in [5.41, 5.74) is 1.07. The fourth-order valence-electron chi connectivity index (χ4n) is 2.79.